The molecular formula is C5H10O2. The van der Waals surface area contributed by atoms with E-state index in [1.807, 2.05) is 20.0 Å². The van der Waals surface area contributed by atoms with Gasteiger partial charge in [0.25, 0.3) is 0 Å². The van der Waals surface area contributed by atoms with Crippen LogP contribution >= 0.6 is 0 Å². The zero-order chi connectivity index (χ0) is 4.99. The van der Waals surface area contributed by atoms with E-state index in [4.69, 9.17) is 5.11 Å². The lowest BCUT2D eigenvalue weighted by Gasteiger charge is -1.80. The van der Waals surface area contributed by atoms with Crippen LogP contribution in [-0.2, 0) is 0 Å². The summed E-state index contributed by atoms with van der Waals surface area (Å²) in [6.45, 7) is 3.84. The van der Waals surface area contributed by atoms with Gasteiger partial charge in [-0.05, 0) is 0 Å². The molecule has 0 atom stereocenters. The van der Waals surface area contributed by atoms with E-state index in [-0.39, 0.29) is 11.4 Å². The summed E-state index contributed by atoms with van der Waals surface area (Å²) in [4.78, 5) is 0. The Balaban J connectivity index is 0. The number of hydrogen-bond donors (Lipinski definition) is 1. The first kappa shape index (κ1) is 9.58. The summed E-state index contributed by atoms with van der Waals surface area (Å²) >= 11 is 0. The molecule has 0 aliphatic carbocycles. The van der Waals surface area contributed by atoms with E-state index in [0.29, 0.717) is 0 Å². The number of hydrogen-bond acceptors (Lipinski definition) is 1. The topological polar surface area (TPSA) is 51.7 Å². The highest BCUT2D eigenvalue weighted by Crippen LogP contribution is 1.83. The molecule has 0 aromatic carbocycles. The Morgan fingerprint density at radius 3 is 1.86 bits per heavy atom. The summed E-state index contributed by atoms with van der Waals surface area (Å²) in [5.74, 6) is 2.80. The van der Waals surface area contributed by atoms with Crippen molar-refractivity contribution in [1.82, 2.24) is 0 Å². The molecule has 0 saturated carbocycles. The highest BCUT2D eigenvalue weighted by Gasteiger charge is 1.77. The van der Waals surface area contributed by atoms with Crippen LogP contribution < -0.4 is 0 Å². The zero-order valence-electron chi connectivity index (χ0n) is 4.52. The average Bonchev–Trinajstić information content (AvgIpc) is 1.35. The third-order valence-corrected chi connectivity index (χ3v) is 0.353. The first-order valence-electron chi connectivity index (χ1n) is 1.92. The van der Waals surface area contributed by atoms with Crippen LogP contribution in [0.15, 0.2) is 0 Å². The molecule has 0 bridgehead atoms. The van der Waals surface area contributed by atoms with Gasteiger partial charge in [-0.15, -0.1) is 0 Å². The second-order valence-corrected chi connectivity index (χ2v) is 1.41. The van der Waals surface area contributed by atoms with Crippen molar-refractivity contribution in [1.29, 1.82) is 0 Å². The van der Waals surface area contributed by atoms with Gasteiger partial charge in [0.1, 0.15) is 6.11 Å². The normalized spacial score (nSPS) is 6.14. The van der Waals surface area contributed by atoms with E-state index in [1.165, 1.54) is 0 Å². The summed E-state index contributed by atoms with van der Waals surface area (Å²) in [6.07, 6.45) is 1.82. The van der Waals surface area contributed by atoms with Crippen LogP contribution in [0.2, 0.25) is 0 Å². The van der Waals surface area contributed by atoms with Crippen molar-refractivity contribution < 1.29 is 10.6 Å². The quantitative estimate of drug-likeness (QED) is 0.435. The molecule has 0 heterocycles. The first-order chi connectivity index (χ1) is 2.77. The lowest BCUT2D eigenvalue weighted by Crippen LogP contribution is -1.75. The second kappa shape index (κ2) is 5.32. The highest BCUT2D eigenvalue weighted by atomic mass is 16.2. The van der Waals surface area contributed by atoms with Gasteiger partial charge < -0.3 is 10.6 Å². The molecule has 3 N–H and O–H groups in total. The van der Waals surface area contributed by atoms with E-state index >= 15 is 0 Å². The van der Waals surface area contributed by atoms with Gasteiger partial charge in [0.15, 0.2) is 0 Å². The maximum absolute atomic E-state index is 7.88. The predicted molar refractivity (Wildman–Crippen MR) is 28.2 cm³/mol. The molecule has 0 aromatic rings. The SMILES string of the molecule is CC(C)C#CO.O. The van der Waals surface area contributed by atoms with Gasteiger partial charge in [0.2, 0.25) is 0 Å². The zero-order valence-corrected chi connectivity index (χ0v) is 4.52. The van der Waals surface area contributed by atoms with Crippen molar-refractivity contribution in [2.24, 2.45) is 5.92 Å². The molecule has 0 saturated heterocycles. The monoisotopic (exact) mass is 102 g/mol. The summed E-state index contributed by atoms with van der Waals surface area (Å²) in [5.41, 5.74) is 0. The van der Waals surface area contributed by atoms with Crippen molar-refractivity contribution in [2.75, 3.05) is 0 Å². The van der Waals surface area contributed by atoms with Crippen molar-refractivity contribution in [2.45, 2.75) is 13.8 Å². The Bertz CT molecular complexity index is 75.8. The molecule has 0 radical (unpaired) electrons. The van der Waals surface area contributed by atoms with E-state index in [1.54, 1.807) is 0 Å². The van der Waals surface area contributed by atoms with Gasteiger partial charge in [0, 0.05) is 5.92 Å². The van der Waals surface area contributed by atoms with Crippen molar-refractivity contribution in [3.63, 3.8) is 0 Å². The van der Waals surface area contributed by atoms with Crippen LogP contribution in [0.4, 0.5) is 0 Å². The molecule has 0 rings (SSSR count). The maximum Gasteiger partial charge on any atom is 0.107 e. The van der Waals surface area contributed by atoms with Crippen LogP contribution in [0.5, 0.6) is 0 Å². The van der Waals surface area contributed by atoms with Crippen molar-refractivity contribution >= 4 is 0 Å². The second-order valence-electron chi connectivity index (χ2n) is 1.41. The van der Waals surface area contributed by atoms with Gasteiger partial charge in [0.05, 0.1) is 0 Å². The van der Waals surface area contributed by atoms with Crippen LogP contribution in [0.25, 0.3) is 0 Å². The van der Waals surface area contributed by atoms with E-state index < -0.39 is 0 Å². The molecule has 7 heavy (non-hydrogen) atoms. The number of aliphatic hydroxyl groups excluding tert-OH is 1. The Kier molecular flexibility index (Phi) is 7.28. The third kappa shape index (κ3) is 10.9. The van der Waals surface area contributed by atoms with Crippen LogP contribution in [-0.4, -0.2) is 10.6 Å². The van der Waals surface area contributed by atoms with Crippen molar-refractivity contribution in [3.8, 4) is 12.0 Å². The molecule has 0 fully saturated rings. The third-order valence-electron chi connectivity index (χ3n) is 0.353. The van der Waals surface area contributed by atoms with E-state index in [2.05, 4.69) is 5.92 Å². The van der Waals surface area contributed by atoms with Gasteiger partial charge >= 0.3 is 0 Å². The van der Waals surface area contributed by atoms with Crippen LogP contribution in [0, 0.1) is 17.9 Å². The smallest absolute Gasteiger partial charge is 0.107 e. The Labute approximate surface area is 43.5 Å². The van der Waals surface area contributed by atoms with Gasteiger partial charge in [-0.25, -0.2) is 0 Å². The fourth-order valence-corrected chi connectivity index (χ4v) is 0.129. The Hall–Kier alpha value is -0.680. The average molecular weight is 102 g/mol. The minimum atomic E-state index is 0. The standard InChI is InChI=1S/C5H8O.H2O/c1-5(2)3-4-6;/h5-6H,1-2H3;1H2. The summed E-state index contributed by atoms with van der Waals surface area (Å²) in [5, 5.41) is 7.88. The minimum Gasteiger partial charge on any atom is -0.462 e. The van der Waals surface area contributed by atoms with Crippen molar-refractivity contribution in [3.05, 3.63) is 0 Å². The van der Waals surface area contributed by atoms with Crippen LogP contribution in [0.1, 0.15) is 13.8 Å². The lowest BCUT2D eigenvalue weighted by molar-refractivity contribution is 0.514. The van der Waals surface area contributed by atoms with Crippen LogP contribution in [0.3, 0.4) is 0 Å². The Morgan fingerprint density at radius 1 is 1.43 bits per heavy atom. The summed E-state index contributed by atoms with van der Waals surface area (Å²) < 4.78 is 0. The molecule has 0 spiro atoms. The van der Waals surface area contributed by atoms with Gasteiger partial charge in [-0.3, -0.25) is 0 Å². The molecule has 0 unspecified atom stereocenters. The highest BCUT2D eigenvalue weighted by molar-refractivity contribution is 4.92. The minimum absolute atomic E-state index is 0. The largest absolute Gasteiger partial charge is 0.462 e. The van der Waals surface area contributed by atoms with Gasteiger partial charge in [-0.2, -0.15) is 0 Å². The molecule has 42 valence electrons. The fraction of sp³-hybridized carbons (Fsp3) is 0.600. The molecule has 0 aliphatic heterocycles. The first-order valence-corrected chi connectivity index (χ1v) is 1.92. The van der Waals surface area contributed by atoms with E-state index in [9.17, 15) is 0 Å². The number of aliphatic hydroxyl groups is 1. The lowest BCUT2D eigenvalue weighted by atomic mass is 10.2. The van der Waals surface area contributed by atoms with E-state index in [0.717, 1.165) is 0 Å². The summed E-state index contributed by atoms with van der Waals surface area (Å²) in [6, 6.07) is 0. The summed E-state index contributed by atoms with van der Waals surface area (Å²) in [7, 11) is 0. The fourth-order valence-electron chi connectivity index (χ4n) is 0.129. The number of rotatable bonds is 0. The predicted octanol–water partition coefficient (Wildman–Crippen LogP) is 0.151. The maximum atomic E-state index is 7.88. The molecule has 2 nitrogen and oxygen atoms in total. The molecule has 0 aliphatic rings. The Morgan fingerprint density at radius 2 is 1.86 bits per heavy atom. The molecular weight excluding hydrogens is 92.1 g/mol. The molecule has 0 amide bonds. The van der Waals surface area contributed by atoms with Gasteiger partial charge in [-0.1, -0.05) is 19.8 Å². The molecule has 2 heteroatoms. The molecule has 0 aromatic heterocycles.